The van der Waals surface area contributed by atoms with E-state index in [9.17, 15) is 13.2 Å². The number of morpholine rings is 1. The number of urea groups is 1. The van der Waals surface area contributed by atoms with Crippen molar-refractivity contribution < 1.29 is 17.9 Å². The topological polar surface area (TPSA) is 79.0 Å². The molecule has 25 heavy (non-hydrogen) atoms. The molecule has 1 N–H and O–H groups in total. The summed E-state index contributed by atoms with van der Waals surface area (Å²) < 4.78 is 32.8. The standard InChI is InChI=1S/C16H20ClN3O4S/c1-2-20-10-16-9-19(8-13(24-16)7-14(16)25(20,22)23)15(21)18-12-5-3-4-11(17)6-12/h3-6,13-14H,2,7-10H2,1H3,(H,18,21)/t13-,14+,16+/m1/s1. The second-order valence-corrected chi connectivity index (χ2v) is 9.37. The molecule has 3 aliphatic heterocycles. The van der Waals surface area contributed by atoms with Gasteiger partial charge in [0, 0.05) is 30.3 Å². The zero-order valence-electron chi connectivity index (χ0n) is 13.8. The lowest BCUT2D eigenvalue weighted by molar-refractivity contribution is -0.0940. The van der Waals surface area contributed by atoms with E-state index in [-0.39, 0.29) is 18.7 Å². The molecule has 2 amide bonds. The van der Waals surface area contributed by atoms with E-state index in [1.165, 1.54) is 4.31 Å². The molecule has 4 rings (SSSR count). The van der Waals surface area contributed by atoms with Gasteiger partial charge in [-0.3, -0.25) is 0 Å². The van der Waals surface area contributed by atoms with Gasteiger partial charge in [0.15, 0.2) is 0 Å². The molecule has 1 aromatic carbocycles. The Balaban J connectivity index is 1.54. The number of nitrogens with zero attached hydrogens (tertiary/aromatic N) is 2. The van der Waals surface area contributed by atoms with Crippen molar-refractivity contribution in [3.8, 4) is 0 Å². The second-order valence-electron chi connectivity index (χ2n) is 6.82. The highest BCUT2D eigenvalue weighted by atomic mass is 35.5. The number of ether oxygens (including phenoxy) is 1. The number of likely N-dealkylation sites (tertiary alicyclic amines) is 1. The van der Waals surface area contributed by atoms with Gasteiger partial charge < -0.3 is 15.0 Å². The molecular formula is C16H20ClN3O4S. The third-order valence-electron chi connectivity index (χ3n) is 5.23. The van der Waals surface area contributed by atoms with E-state index in [0.29, 0.717) is 36.8 Å². The number of carbonyl (C=O) groups excluding carboxylic acids is 1. The number of likely N-dealkylation sites (N-methyl/N-ethyl adjacent to an activating group) is 1. The zero-order valence-corrected chi connectivity index (χ0v) is 15.4. The highest BCUT2D eigenvalue weighted by Gasteiger charge is 2.65. The first-order chi connectivity index (χ1) is 11.8. The quantitative estimate of drug-likeness (QED) is 0.841. The summed E-state index contributed by atoms with van der Waals surface area (Å²) in [6, 6.07) is 6.67. The van der Waals surface area contributed by atoms with E-state index in [1.807, 2.05) is 6.92 Å². The Labute approximate surface area is 151 Å². The minimum Gasteiger partial charge on any atom is -0.365 e. The third kappa shape index (κ3) is 2.71. The predicted octanol–water partition coefficient (Wildman–Crippen LogP) is 1.75. The van der Waals surface area contributed by atoms with Crippen LogP contribution in [-0.2, 0) is 14.8 Å². The molecule has 3 aliphatic rings. The van der Waals surface area contributed by atoms with Gasteiger partial charge in [0.25, 0.3) is 0 Å². The minimum absolute atomic E-state index is 0.238. The van der Waals surface area contributed by atoms with E-state index in [2.05, 4.69) is 5.32 Å². The summed E-state index contributed by atoms with van der Waals surface area (Å²) in [4.78, 5) is 14.3. The van der Waals surface area contributed by atoms with Crippen LogP contribution in [0.4, 0.5) is 10.5 Å². The van der Waals surface area contributed by atoms with E-state index in [1.54, 1.807) is 29.2 Å². The SMILES string of the molecule is CCN1C[C@@]23CN(C(=O)Nc4cccc(Cl)c4)C[C@@H](C[C@@H]2S1(=O)=O)O3. The highest BCUT2D eigenvalue weighted by Crippen LogP contribution is 2.46. The molecule has 0 radical (unpaired) electrons. The molecule has 0 aromatic heterocycles. The average molecular weight is 386 g/mol. The smallest absolute Gasteiger partial charge is 0.322 e. The van der Waals surface area contributed by atoms with Crippen molar-refractivity contribution in [2.24, 2.45) is 0 Å². The molecular weight excluding hydrogens is 366 g/mol. The molecule has 1 aromatic rings. The predicted molar refractivity (Wildman–Crippen MR) is 94.2 cm³/mol. The molecule has 3 saturated heterocycles. The Kier molecular flexibility index (Phi) is 3.99. The van der Waals surface area contributed by atoms with Gasteiger partial charge >= 0.3 is 6.03 Å². The number of halogens is 1. The Morgan fingerprint density at radius 3 is 2.96 bits per heavy atom. The number of amides is 2. The summed E-state index contributed by atoms with van der Waals surface area (Å²) in [5.74, 6) is 0. The fourth-order valence-electron chi connectivity index (χ4n) is 4.16. The summed E-state index contributed by atoms with van der Waals surface area (Å²) in [5.41, 5.74) is -0.205. The number of nitrogens with one attached hydrogen (secondary N) is 1. The lowest BCUT2D eigenvalue weighted by Crippen LogP contribution is -2.57. The summed E-state index contributed by atoms with van der Waals surface area (Å²) in [6.45, 7) is 3.22. The van der Waals surface area contributed by atoms with Crippen molar-refractivity contribution in [2.75, 3.05) is 31.5 Å². The molecule has 0 saturated carbocycles. The number of carbonyl (C=O) groups is 1. The van der Waals surface area contributed by atoms with Gasteiger partial charge in [0.1, 0.15) is 10.9 Å². The maximum Gasteiger partial charge on any atom is 0.322 e. The number of sulfonamides is 1. The molecule has 3 atom stereocenters. The minimum atomic E-state index is -3.36. The number of hydrogen-bond donors (Lipinski definition) is 1. The van der Waals surface area contributed by atoms with Crippen molar-refractivity contribution in [3.63, 3.8) is 0 Å². The maximum atomic E-state index is 12.7. The molecule has 3 fully saturated rings. The summed E-state index contributed by atoms with van der Waals surface area (Å²) >= 11 is 5.95. The first-order valence-electron chi connectivity index (χ1n) is 8.32. The van der Waals surface area contributed by atoms with Crippen LogP contribution in [-0.4, -0.2) is 66.8 Å². The van der Waals surface area contributed by atoms with Gasteiger partial charge in [-0.2, -0.15) is 4.31 Å². The van der Waals surface area contributed by atoms with Gasteiger partial charge in [-0.05, 0) is 24.6 Å². The Bertz CT molecular complexity index is 817. The van der Waals surface area contributed by atoms with Crippen LogP contribution in [0.1, 0.15) is 13.3 Å². The molecule has 2 bridgehead atoms. The van der Waals surface area contributed by atoms with Gasteiger partial charge in [0.2, 0.25) is 10.0 Å². The van der Waals surface area contributed by atoms with Crippen LogP contribution in [0.2, 0.25) is 5.02 Å². The molecule has 0 aliphatic carbocycles. The lowest BCUT2D eigenvalue weighted by Gasteiger charge is -2.39. The van der Waals surface area contributed by atoms with E-state index >= 15 is 0 Å². The first kappa shape index (κ1) is 17.1. The van der Waals surface area contributed by atoms with E-state index < -0.39 is 20.9 Å². The fourth-order valence-corrected chi connectivity index (χ4v) is 6.67. The van der Waals surface area contributed by atoms with Gasteiger partial charge in [-0.1, -0.05) is 24.6 Å². The Morgan fingerprint density at radius 1 is 1.44 bits per heavy atom. The van der Waals surface area contributed by atoms with Crippen molar-refractivity contribution in [3.05, 3.63) is 29.3 Å². The molecule has 9 heteroatoms. The van der Waals surface area contributed by atoms with Crippen LogP contribution in [0.5, 0.6) is 0 Å². The van der Waals surface area contributed by atoms with Crippen LogP contribution in [0.15, 0.2) is 24.3 Å². The summed E-state index contributed by atoms with van der Waals surface area (Å²) in [6.07, 6.45) is 0.206. The van der Waals surface area contributed by atoms with Crippen molar-refractivity contribution >= 4 is 33.3 Å². The van der Waals surface area contributed by atoms with Crippen LogP contribution in [0.3, 0.4) is 0 Å². The third-order valence-corrected chi connectivity index (χ3v) is 7.91. The van der Waals surface area contributed by atoms with Crippen LogP contribution < -0.4 is 5.32 Å². The maximum absolute atomic E-state index is 12.7. The van der Waals surface area contributed by atoms with Crippen LogP contribution in [0, 0.1) is 0 Å². The number of rotatable bonds is 2. The van der Waals surface area contributed by atoms with Gasteiger partial charge in [-0.15, -0.1) is 0 Å². The van der Waals surface area contributed by atoms with Crippen LogP contribution in [0.25, 0.3) is 0 Å². The molecule has 136 valence electrons. The highest BCUT2D eigenvalue weighted by molar-refractivity contribution is 7.90. The lowest BCUT2D eigenvalue weighted by atomic mass is 9.99. The fraction of sp³-hybridized carbons (Fsp3) is 0.562. The number of benzene rings is 1. The van der Waals surface area contributed by atoms with E-state index in [0.717, 1.165) is 0 Å². The molecule has 3 heterocycles. The van der Waals surface area contributed by atoms with Crippen molar-refractivity contribution in [1.82, 2.24) is 9.21 Å². The van der Waals surface area contributed by atoms with E-state index in [4.69, 9.17) is 16.3 Å². The second kappa shape index (κ2) is 5.84. The van der Waals surface area contributed by atoms with Crippen LogP contribution >= 0.6 is 11.6 Å². The normalized spacial score (nSPS) is 33.3. The number of hydrogen-bond acceptors (Lipinski definition) is 4. The zero-order chi connectivity index (χ0) is 17.8. The van der Waals surface area contributed by atoms with Crippen molar-refractivity contribution in [2.45, 2.75) is 30.3 Å². The molecule has 7 nitrogen and oxygen atoms in total. The number of anilines is 1. The summed E-state index contributed by atoms with van der Waals surface area (Å²) in [7, 11) is -3.36. The van der Waals surface area contributed by atoms with Crippen molar-refractivity contribution in [1.29, 1.82) is 0 Å². The largest absolute Gasteiger partial charge is 0.365 e. The van der Waals surface area contributed by atoms with Gasteiger partial charge in [-0.25, -0.2) is 13.2 Å². The summed E-state index contributed by atoms with van der Waals surface area (Å²) in [5, 5.41) is 2.81. The Morgan fingerprint density at radius 2 is 2.24 bits per heavy atom. The monoisotopic (exact) mass is 385 g/mol. The Hall–Kier alpha value is -1.35. The molecule has 0 unspecified atom stereocenters. The average Bonchev–Trinajstić information content (AvgIpc) is 2.93. The first-order valence-corrected chi connectivity index (χ1v) is 10.2. The van der Waals surface area contributed by atoms with Gasteiger partial charge in [0.05, 0.1) is 12.6 Å². The number of fused-ring (bicyclic) bond motifs is 1. The molecule has 1 spiro atoms.